The number of hydrogen-bond acceptors (Lipinski definition) is 3. The molecule has 1 aliphatic rings. The highest BCUT2D eigenvalue weighted by Crippen LogP contribution is 2.44. The van der Waals surface area contributed by atoms with Gasteiger partial charge < -0.3 is 14.8 Å². The number of benzene rings is 2. The van der Waals surface area contributed by atoms with E-state index < -0.39 is 0 Å². The maximum atomic E-state index is 12.6. The molecule has 2 aromatic carbocycles. The van der Waals surface area contributed by atoms with E-state index in [4.69, 9.17) is 9.47 Å². The molecule has 1 N–H and O–H groups in total. The topological polar surface area (TPSA) is 47.6 Å². The number of amides is 1. The van der Waals surface area contributed by atoms with Crippen LogP contribution in [0, 0.1) is 5.92 Å². The van der Waals surface area contributed by atoms with Crippen molar-refractivity contribution in [2.45, 2.75) is 25.2 Å². The predicted octanol–water partition coefficient (Wildman–Crippen LogP) is 4.23. The summed E-state index contributed by atoms with van der Waals surface area (Å²) < 4.78 is 10.5. The van der Waals surface area contributed by atoms with Crippen LogP contribution in [0.3, 0.4) is 0 Å². The summed E-state index contributed by atoms with van der Waals surface area (Å²) in [5.41, 5.74) is 1.92. The maximum absolute atomic E-state index is 12.6. The lowest BCUT2D eigenvalue weighted by Crippen LogP contribution is -2.17. The van der Waals surface area contributed by atoms with E-state index in [1.54, 1.807) is 20.3 Å². The molecule has 126 valence electrons. The number of hydrogen-bond donors (Lipinski definition) is 1. The lowest BCUT2D eigenvalue weighted by molar-refractivity contribution is -0.116. The number of methoxy groups -OCH3 is 2. The molecule has 1 saturated carbocycles. The molecule has 0 bridgehead atoms. The number of carbonyl (C=O) groups is 1. The molecule has 0 spiro atoms. The van der Waals surface area contributed by atoms with Crippen LogP contribution in [-0.2, 0) is 4.79 Å². The number of nitrogens with one attached hydrogen (secondary N) is 1. The first-order valence-electron chi connectivity index (χ1n) is 8.28. The van der Waals surface area contributed by atoms with Gasteiger partial charge in [-0.25, -0.2) is 0 Å². The predicted molar refractivity (Wildman–Crippen MR) is 94.7 cm³/mol. The molecule has 4 heteroatoms. The van der Waals surface area contributed by atoms with E-state index in [2.05, 4.69) is 17.4 Å². The summed E-state index contributed by atoms with van der Waals surface area (Å²) in [5.74, 6) is 2.22. The summed E-state index contributed by atoms with van der Waals surface area (Å²) in [6.45, 7) is 0. The minimum atomic E-state index is 0.0132. The van der Waals surface area contributed by atoms with E-state index in [-0.39, 0.29) is 11.8 Å². The summed E-state index contributed by atoms with van der Waals surface area (Å²) in [6, 6.07) is 15.7. The van der Waals surface area contributed by atoms with Crippen molar-refractivity contribution < 1.29 is 14.3 Å². The Morgan fingerprint density at radius 2 is 1.88 bits per heavy atom. The van der Waals surface area contributed by atoms with Crippen molar-refractivity contribution >= 4 is 11.6 Å². The quantitative estimate of drug-likeness (QED) is 0.829. The van der Waals surface area contributed by atoms with Crippen LogP contribution >= 0.6 is 0 Å². The van der Waals surface area contributed by atoms with Crippen LogP contribution in [-0.4, -0.2) is 20.1 Å². The van der Waals surface area contributed by atoms with Gasteiger partial charge in [-0.15, -0.1) is 0 Å². The van der Waals surface area contributed by atoms with Gasteiger partial charge in [0, 0.05) is 12.5 Å². The Labute approximate surface area is 142 Å². The zero-order valence-corrected chi connectivity index (χ0v) is 14.1. The van der Waals surface area contributed by atoms with Crippen molar-refractivity contribution in [2.75, 3.05) is 19.5 Å². The standard InChI is InChI=1S/C20H23NO3/c1-23-16-10-11-18(19(12-16)24-2)21-20(22)13-17(15-8-9-15)14-6-4-3-5-7-14/h3-7,10-12,15,17H,8-9,13H2,1-2H3,(H,21,22). The molecule has 24 heavy (non-hydrogen) atoms. The zero-order valence-electron chi connectivity index (χ0n) is 14.1. The van der Waals surface area contributed by atoms with Crippen LogP contribution < -0.4 is 14.8 Å². The maximum Gasteiger partial charge on any atom is 0.225 e. The highest BCUT2D eigenvalue weighted by Gasteiger charge is 2.33. The first kappa shape index (κ1) is 16.4. The lowest BCUT2D eigenvalue weighted by Gasteiger charge is -2.17. The average molecular weight is 325 g/mol. The second-order valence-corrected chi connectivity index (χ2v) is 6.17. The van der Waals surface area contributed by atoms with Gasteiger partial charge in [-0.05, 0) is 42.4 Å². The summed E-state index contributed by atoms with van der Waals surface area (Å²) in [4.78, 5) is 12.6. The van der Waals surface area contributed by atoms with Crippen LogP contribution in [0.2, 0.25) is 0 Å². The molecule has 0 heterocycles. The van der Waals surface area contributed by atoms with Gasteiger partial charge in [-0.1, -0.05) is 30.3 Å². The Kier molecular flexibility index (Phi) is 5.04. The van der Waals surface area contributed by atoms with Crippen molar-refractivity contribution in [3.8, 4) is 11.5 Å². The second kappa shape index (κ2) is 7.39. The first-order chi connectivity index (χ1) is 11.7. The van der Waals surface area contributed by atoms with Gasteiger partial charge in [0.05, 0.1) is 19.9 Å². The summed E-state index contributed by atoms with van der Waals surface area (Å²) in [5, 5.41) is 2.98. The Hall–Kier alpha value is -2.49. The smallest absolute Gasteiger partial charge is 0.225 e. The molecule has 1 amide bonds. The van der Waals surface area contributed by atoms with Crippen molar-refractivity contribution in [2.24, 2.45) is 5.92 Å². The van der Waals surface area contributed by atoms with E-state index >= 15 is 0 Å². The summed E-state index contributed by atoms with van der Waals surface area (Å²) >= 11 is 0. The van der Waals surface area contributed by atoms with Gasteiger partial charge in [0.2, 0.25) is 5.91 Å². The minimum Gasteiger partial charge on any atom is -0.497 e. The fourth-order valence-corrected chi connectivity index (χ4v) is 3.06. The molecule has 1 aliphatic carbocycles. The number of anilines is 1. The van der Waals surface area contributed by atoms with E-state index in [0.717, 1.165) is 0 Å². The molecule has 0 saturated heterocycles. The Morgan fingerprint density at radius 1 is 1.12 bits per heavy atom. The normalized spacial score (nSPS) is 14.8. The molecular formula is C20H23NO3. The molecule has 0 aromatic heterocycles. The molecule has 1 unspecified atom stereocenters. The SMILES string of the molecule is COc1ccc(NC(=O)CC(c2ccccc2)C2CC2)c(OC)c1. The average Bonchev–Trinajstić information content (AvgIpc) is 3.45. The van der Waals surface area contributed by atoms with Crippen LogP contribution in [0.25, 0.3) is 0 Å². The molecule has 1 atom stereocenters. The molecule has 1 fully saturated rings. The van der Waals surface area contributed by atoms with Crippen LogP contribution in [0.5, 0.6) is 11.5 Å². The molecule has 3 rings (SSSR count). The minimum absolute atomic E-state index is 0.0132. The van der Waals surface area contributed by atoms with Gasteiger partial charge in [0.25, 0.3) is 0 Å². The van der Waals surface area contributed by atoms with Crippen LogP contribution in [0.1, 0.15) is 30.7 Å². The Balaban J connectivity index is 1.70. The summed E-state index contributed by atoms with van der Waals surface area (Å²) in [7, 11) is 3.19. The molecule has 2 aromatic rings. The fourth-order valence-electron chi connectivity index (χ4n) is 3.06. The third-order valence-electron chi connectivity index (χ3n) is 4.51. The number of ether oxygens (including phenoxy) is 2. The monoisotopic (exact) mass is 325 g/mol. The molecule has 0 radical (unpaired) electrons. The van der Waals surface area contributed by atoms with Crippen molar-refractivity contribution in [3.63, 3.8) is 0 Å². The third-order valence-corrected chi connectivity index (χ3v) is 4.51. The highest BCUT2D eigenvalue weighted by atomic mass is 16.5. The zero-order chi connectivity index (χ0) is 16.9. The van der Waals surface area contributed by atoms with Crippen LogP contribution in [0.15, 0.2) is 48.5 Å². The van der Waals surface area contributed by atoms with Crippen LogP contribution in [0.4, 0.5) is 5.69 Å². The van der Waals surface area contributed by atoms with Crippen molar-refractivity contribution in [1.82, 2.24) is 0 Å². The number of carbonyl (C=O) groups excluding carboxylic acids is 1. The van der Waals surface area contributed by atoms with Gasteiger partial charge in [-0.2, -0.15) is 0 Å². The van der Waals surface area contributed by atoms with Crippen molar-refractivity contribution in [1.29, 1.82) is 0 Å². The molecule has 4 nitrogen and oxygen atoms in total. The van der Waals surface area contributed by atoms with Gasteiger partial charge in [0.15, 0.2) is 0 Å². The second-order valence-electron chi connectivity index (χ2n) is 6.17. The van der Waals surface area contributed by atoms with Crippen molar-refractivity contribution in [3.05, 3.63) is 54.1 Å². The largest absolute Gasteiger partial charge is 0.497 e. The molecular weight excluding hydrogens is 302 g/mol. The lowest BCUT2D eigenvalue weighted by atomic mass is 9.91. The van der Waals surface area contributed by atoms with E-state index in [0.29, 0.717) is 29.5 Å². The molecule has 0 aliphatic heterocycles. The van der Waals surface area contributed by atoms with Gasteiger partial charge in [0.1, 0.15) is 11.5 Å². The first-order valence-corrected chi connectivity index (χ1v) is 8.28. The van der Waals surface area contributed by atoms with E-state index in [1.165, 1.54) is 18.4 Å². The third kappa shape index (κ3) is 3.88. The van der Waals surface area contributed by atoms with Gasteiger partial charge in [-0.3, -0.25) is 4.79 Å². The number of rotatable bonds is 7. The summed E-state index contributed by atoms with van der Waals surface area (Å²) in [6.07, 6.45) is 2.90. The fraction of sp³-hybridized carbons (Fsp3) is 0.350. The van der Waals surface area contributed by atoms with E-state index in [1.807, 2.05) is 30.3 Å². The Bertz CT molecular complexity index is 695. The Morgan fingerprint density at radius 3 is 2.50 bits per heavy atom. The van der Waals surface area contributed by atoms with Gasteiger partial charge >= 0.3 is 0 Å². The highest BCUT2D eigenvalue weighted by molar-refractivity contribution is 5.93. The van der Waals surface area contributed by atoms with E-state index in [9.17, 15) is 4.79 Å².